The van der Waals surface area contributed by atoms with Gasteiger partial charge in [-0.2, -0.15) is 0 Å². The molecule has 0 radical (unpaired) electrons. The van der Waals surface area contributed by atoms with E-state index in [9.17, 15) is 4.79 Å². The minimum Gasteiger partial charge on any atom is -0.462 e. The predicted octanol–water partition coefficient (Wildman–Crippen LogP) is 2.54. The number of anilines is 2. The van der Waals surface area contributed by atoms with Crippen LogP contribution in [0, 0.1) is 13.8 Å². The van der Waals surface area contributed by atoms with Gasteiger partial charge in [0, 0.05) is 32.4 Å². The van der Waals surface area contributed by atoms with E-state index < -0.39 is 0 Å². The number of carbonyl (C=O) groups is 1. The second kappa shape index (κ2) is 7.98. The molecule has 8 nitrogen and oxygen atoms in total. The quantitative estimate of drug-likeness (QED) is 0.627. The zero-order valence-electron chi connectivity index (χ0n) is 16.9. The van der Waals surface area contributed by atoms with E-state index in [0.717, 1.165) is 48.7 Å². The summed E-state index contributed by atoms with van der Waals surface area (Å²) in [5.41, 5.74) is 3.13. The molecule has 1 aliphatic heterocycles. The highest BCUT2D eigenvalue weighted by Crippen LogP contribution is 2.24. The fourth-order valence-electron chi connectivity index (χ4n) is 3.56. The van der Waals surface area contributed by atoms with E-state index in [0.29, 0.717) is 23.8 Å². The largest absolute Gasteiger partial charge is 0.462 e. The van der Waals surface area contributed by atoms with Crippen LogP contribution in [0.25, 0.3) is 11.0 Å². The molecule has 1 fully saturated rings. The standard InChI is InChI=1S/C21H24N6O2/c1-4-29-21(28)16-13-22-15(3)24-20(16)27-11-9-26(10-12-27)19-14(2)23-17-7-5-6-8-18(17)25-19/h5-8,13H,4,9-12H2,1-3H3. The fraction of sp³-hybridized carbons (Fsp3) is 0.381. The summed E-state index contributed by atoms with van der Waals surface area (Å²) in [7, 11) is 0. The molecule has 1 aromatic carbocycles. The molecular weight excluding hydrogens is 368 g/mol. The van der Waals surface area contributed by atoms with Crippen molar-refractivity contribution in [2.24, 2.45) is 0 Å². The first-order valence-electron chi connectivity index (χ1n) is 9.81. The minimum absolute atomic E-state index is 0.319. The van der Waals surface area contributed by atoms with Crippen molar-refractivity contribution in [2.75, 3.05) is 42.6 Å². The number of rotatable bonds is 4. The minimum atomic E-state index is -0.388. The van der Waals surface area contributed by atoms with Crippen molar-refractivity contribution in [1.82, 2.24) is 19.9 Å². The highest BCUT2D eigenvalue weighted by molar-refractivity contribution is 5.94. The molecule has 0 spiro atoms. The van der Waals surface area contributed by atoms with E-state index in [-0.39, 0.29) is 5.97 Å². The van der Waals surface area contributed by atoms with Crippen LogP contribution in [-0.4, -0.2) is 58.7 Å². The van der Waals surface area contributed by atoms with E-state index in [4.69, 9.17) is 14.7 Å². The average Bonchev–Trinajstić information content (AvgIpc) is 2.73. The first-order chi connectivity index (χ1) is 14.1. The number of hydrogen-bond acceptors (Lipinski definition) is 8. The summed E-state index contributed by atoms with van der Waals surface area (Å²) in [6.07, 6.45) is 1.56. The number of hydrogen-bond donors (Lipinski definition) is 0. The third-order valence-corrected chi connectivity index (χ3v) is 4.98. The summed E-state index contributed by atoms with van der Waals surface area (Å²) in [5, 5.41) is 0. The molecule has 29 heavy (non-hydrogen) atoms. The predicted molar refractivity (Wildman–Crippen MR) is 111 cm³/mol. The second-order valence-electron chi connectivity index (χ2n) is 6.97. The van der Waals surface area contributed by atoms with Gasteiger partial charge in [-0.1, -0.05) is 12.1 Å². The molecule has 2 aromatic heterocycles. The molecular formula is C21H24N6O2. The molecule has 1 saturated heterocycles. The van der Waals surface area contributed by atoms with Crippen LogP contribution in [0.2, 0.25) is 0 Å². The van der Waals surface area contributed by atoms with Crippen LogP contribution in [0.4, 0.5) is 11.6 Å². The number of fused-ring (bicyclic) bond motifs is 1. The average molecular weight is 392 g/mol. The fourth-order valence-corrected chi connectivity index (χ4v) is 3.56. The monoisotopic (exact) mass is 392 g/mol. The lowest BCUT2D eigenvalue weighted by Gasteiger charge is -2.37. The summed E-state index contributed by atoms with van der Waals surface area (Å²) < 4.78 is 5.17. The molecule has 0 saturated carbocycles. The maximum atomic E-state index is 12.3. The van der Waals surface area contributed by atoms with Gasteiger partial charge in [0.25, 0.3) is 0 Å². The van der Waals surface area contributed by atoms with Crippen LogP contribution in [-0.2, 0) is 4.74 Å². The van der Waals surface area contributed by atoms with Crippen molar-refractivity contribution < 1.29 is 9.53 Å². The van der Waals surface area contributed by atoms with Crippen LogP contribution in [0.3, 0.4) is 0 Å². The number of aromatic nitrogens is 4. The topological polar surface area (TPSA) is 84.3 Å². The van der Waals surface area contributed by atoms with Gasteiger partial charge in [-0.05, 0) is 32.9 Å². The van der Waals surface area contributed by atoms with Gasteiger partial charge in [-0.25, -0.2) is 24.7 Å². The van der Waals surface area contributed by atoms with Crippen molar-refractivity contribution in [1.29, 1.82) is 0 Å². The first-order valence-corrected chi connectivity index (χ1v) is 9.81. The molecule has 150 valence electrons. The Balaban J connectivity index is 1.55. The Kier molecular flexibility index (Phi) is 5.24. The Morgan fingerprint density at radius 2 is 1.59 bits per heavy atom. The van der Waals surface area contributed by atoms with Gasteiger partial charge in [-0.3, -0.25) is 0 Å². The number of carbonyl (C=O) groups excluding carboxylic acids is 1. The van der Waals surface area contributed by atoms with Crippen molar-refractivity contribution in [3.8, 4) is 0 Å². The zero-order valence-corrected chi connectivity index (χ0v) is 16.9. The maximum Gasteiger partial charge on any atom is 0.343 e. The number of nitrogens with zero attached hydrogens (tertiary/aromatic N) is 6. The molecule has 3 heterocycles. The van der Waals surface area contributed by atoms with Crippen molar-refractivity contribution >= 4 is 28.6 Å². The normalized spacial score (nSPS) is 14.3. The molecule has 0 N–H and O–H groups in total. The molecule has 8 heteroatoms. The summed E-state index contributed by atoms with van der Waals surface area (Å²) >= 11 is 0. The van der Waals surface area contributed by atoms with E-state index in [1.165, 1.54) is 0 Å². The lowest BCUT2D eigenvalue weighted by Crippen LogP contribution is -2.48. The summed E-state index contributed by atoms with van der Waals surface area (Å²) in [6, 6.07) is 7.91. The molecule has 3 aromatic rings. The van der Waals surface area contributed by atoms with Gasteiger partial charge >= 0.3 is 5.97 Å². The van der Waals surface area contributed by atoms with Crippen LogP contribution in [0.1, 0.15) is 28.8 Å². The highest BCUT2D eigenvalue weighted by Gasteiger charge is 2.25. The Morgan fingerprint density at radius 3 is 2.24 bits per heavy atom. The Bertz CT molecular complexity index is 1050. The van der Waals surface area contributed by atoms with E-state index in [1.807, 2.05) is 38.1 Å². The van der Waals surface area contributed by atoms with Crippen molar-refractivity contribution in [3.63, 3.8) is 0 Å². The summed E-state index contributed by atoms with van der Waals surface area (Å²) in [4.78, 5) is 34.9. The van der Waals surface area contributed by atoms with Crippen LogP contribution < -0.4 is 9.80 Å². The first kappa shape index (κ1) is 19.0. The maximum absolute atomic E-state index is 12.3. The van der Waals surface area contributed by atoms with E-state index in [1.54, 1.807) is 13.1 Å². The number of esters is 1. The third-order valence-electron chi connectivity index (χ3n) is 4.98. The smallest absolute Gasteiger partial charge is 0.343 e. The molecule has 1 aliphatic rings. The SMILES string of the molecule is CCOC(=O)c1cnc(C)nc1N1CCN(c2nc3ccccc3nc2C)CC1. The van der Waals surface area contributed by atoms with Gasteiger partial charge in [0.2, 0.25) is 0 Å². The second-order valence-corrected chi connectivity index (χ2v) is 6.97. The van der Waals surface area contributed by atoms with Crippen molar-refractivity contribution in [3.05, 3.63) is 47.5 Å². The van der Waals surface area contributed by atoms with Crippen LogP contribution in [0.15, 0.2) is 30.5 Å². The van der Waals surface area contributed by atoms with Gasteiger partial charge in [0.05, 0.1) is 23.3 Å². The molecule has 4 rings (SSSR count). The number of benzene rings is 1. The van der Waals surface area contributed by atoms with Crippen molar-refractivity contribution in [2.45, 2.75) is 20.8 Å². The number of aryl methyl sites for hydroxylation is 2. The Morgan fingerprint density at radius 1 is 0.966 bits per heavy atom. The number of ether oxygens (including phenoxy) is 1. The van der Waals surface area contributed by atoms with Gasteiger partial charge in [0.15, 0.2) is 5.82 Å². The van der Waals surface area contributed by atoms with Crippen LogP contribution in [0.5, 0.6) is 0 Å². The summed E-state index contributed by atoms with van der Waals surface area (Å²) in [6.45, 7) is 8.89. The molecule has 0 bridgehead atoms. The Hall–Kier alpha value is -3.29. The molecule has 0 unspecified atom stereocenters. The lowest BCUT2D eigenvalue weighted by molar-refractivity contribution is 0.0526. The summed E-state index contributed by atoms with van der Waals surface area (Å²) in [5.74, 6) is 1.79. The van der Waals surface area contributed by atoms with Crippen LogP contribution >= 0.6 is 0 Å². The Labute approximate surface area is 169 Å². The van der Waals surface area contributed by atoms with E-state index >= 15 is 0 Å². The lowest BCUT2D eigenvalue weighted by atomic mass is 10.2. The molecule has 0 aliphatic carbocycles. The zero-order chi connectivity index (χ0) is 20.4. The molecule has 0 atom stereocenters. The van der Waals surface area contributed by atoms with Gasteiger partial charge < -0.3 is 14.5 Å². The third kappa shape index (κ3) is 3.83. The van der Waals surface area contributed by atoms with Gasteiger partial charge in [-0.15, -0.1) is 0 Å². The number of piperazine rings is 1. The number of para-hydroxylation sites is 2. The molecule has 0 amide bonds. The van der Waals surface area contributed by atoms with E-state index in [2.05, 4.69) is 19.8 Å². The van der Waals surface area contributed by atoms with Gasteiger partial charge in [0.1, 0.15) is 17.2 Å². The highest BCUT2D eigenvalue weighted by atomic mass is 16.5.